The van der Waals surface area contributed by atoms with Gasteiger partial charge in [-0.3, -0.25) is 19.4 Å². The summed E-state index contributed by atoms with van der Waals surface area (Å²) in [5, 5.41) is 2.65. The van der Waals surface area contributed by atoms with Crippen molar-refractivity contribution in [1.29, 1.82) is 0 Å². The van der Waals surface area contributed by atoms with E-state index in [1.807, 2.05) is 24.3 Å². The van der Waals surface area contributed by atoms with Crippen molar-refractivity contribution in [3.05, 3.63) is 58.1 Å². The molecule has 0 aromatic heterocycles. The molecule has 2 aromatic rings. The second kappa shape index (κ2) is 16.1. The molecule has 0 aliphatic carbocycles. The van der Waals surface area contributed by atoms with E-state index in [1.54, 1.807) is 4.90 Å². The lowest BCUT2D eigenvalue weighted by atomic mass is 9.68. The van der Waals surface area contributed by atoms with Gasteiger partial charge < -0.3 is 30.5 Å². The number of piperidine rings is 3. The van der Waals surface area contributed by atoms with Crippen LogP contribution >= 0.6 is 11.6 Å². The number of likely N-dealkylation sites (tertiary alicyclic amines) is 3. The second-order valence-electron chi connectivity index (χ2n) is 18.6. The number of hydrogen-bond acceptors (Lipinski definition) is 8. The Morgan fingerprint density at radius 2 is 1.48 bits per heavy atom. The van der Waals surface area contributed by atoms with Gasteiger partial charge in [0.2, 0.25) is 5.91 Å². The molecule has 7 rings (SSSR count). The molecule has 1 spiro atoms. The van der Waals surface area contributed by atoms with Crippen LogP contribution in [-0.4, -0.2) is 131 Å². The Balaban J connectivity index is 1.00. The van der Waals surface area contributed by atoms with Crippen LogP contribution in [0.3, 0.4) is 0 Å². The first kappa shape index (κ1) is 42.5. The van der Waals surface area contributed by atoms with E-state index in [9.17, 15) is 27.6 Å². The molecule has 4 fully saturated rings. The summed E-state index contributed by atoms with van der Waals surface area (Å²) < 4.78 is 47.8. The monoisotopic (exact) mass is 829 g/mol. The van der Waals surface area contributed by atoms with Crippen molar-refractivity contribution in [2.75, 3.05) is 70.5 Å². The molecule has 5 heterocycles. The Hall–Kier alpha value is -3.59. The predicted octanol–water partition coefficient (Wildman–Crippen LogP) is 6.62. The smallest absolute Gasteiger partial charge is 0.418 e. The minimum absolute atomic E-state index is 0.0760. The lowest BCUT2D eigenvalue weighted by Gasteiger charge is -2.57. The van der Waals surface area contributed by atoms with Gasteiger partial charge in [-0.25, -0.2) is 4.79 Å². The fourth-order valence-corrected chi connectivity index (χ4v) is 10.7. The molecule has 5 aliphatic rings. The molecule has 4 saturated heterocycles. The molecule has 3 N–H and O–H groups in total. The fourth-order valence-electron chi connectivity index (χ4n) is 10.4. The average molecular weight is 830 g/mol. The van der Waals surface area contributed by atoms with Gasteiger partial charge in [0.15, 0.2) is 6.10 Å². The number of nitrogens with zero attached hydrogens (tertiary/aromatic N) is 5. The molecular weight excluding hydrogens is 771 g/mol. The van der Waals surface area contributed by atoms with Crippen LogP contribution in [0.15, 0.2) is 36.4 Å². The molecule has 0 radical (unpaired) electrons. The molecule has 11 nitrogen and oxygen atoms in total. The zero-order valence-electron chi connectivity index (χ0n) is 34.5. The SMILES string of the molecule is CN1C(C)(C)CN(C2CCN(C3CCN(C(=O)[C@@H](Cc4cc(Cl)c(N)c(C(F)(F)F)c4)OC(=O)N4CCC5(CC4)CC(=O)Nc4ccccc45)CC3)CC2)CC1(C)C. The second-order valence-corrected chi connectivity index (χ2v) is 19.0. The van der Waals surface area contributed by atoms with Gasteiger partial charge in [-0.1, -0.05) is 29.8 Å². The summed E-state index contributed by atoms with van der Waals surface area (Å²) >= 11 is 6.18. The van der Waals surface area contributed by atoms with Crippen LogP contribution in [0.4, 0.5) is 29.3 Å². The molecule has 318 valence electrons. The Kier molecular flexibility index (Phi) is 11.8. The zero-order chi connectivity index (χ0) is 41.8. The molecule has 0 bridgehead atoms. The maximum atomic E-state index is 14.3. The van der Waals surface area contributed by atoms with Crippen molar-refractivity contribution in [2.45, 2.75) is 120 Å². The normalized spacial score (nSPS) is 24.0. The van der Waals surface area contributed by atoms with Crippen LogP contribution in [0.1, 0.15) is 89.3 Å². The largest absolute Gasteiger partial charge is 0.436 e. The van der Waals surface area contributed by atoms with E-state index in [4.69, 9.17) is 22.1 Å². The molecule has 2 aromatic carbocycles. The van der Waals surface area contributed by atoms with Crippen LogP contribution in [0.5, 0.6) is 0 Å². The summed E-state index contributed by atoms with van der Waals surface area (Å²) in [5.74, 6) is -0.522. The zero-order valence-corrected chi connectivity index (χ0v) is 35.2. The number of hydrogen-bond donors (Lipinski definition) is 2. The van der Waals surface area contributed by atoms with Gasteiger partial charge in [0, 0.05) is 86.4 Å². The number of nitrogens with two attached hydrogens (primary N) is 1. The Bertz CT molecular complexity index is 1850. The summed E-state index contributed by atoms with van der Waals surface area (Å²) in [6, 6.07) is 10.7. The number of fused-ring (bicyclic) bond motifs is 2. The highest BCUT2D eigenvalue weighted by Gasteiger charge is 2.46. The number of nitrogen functional groups attached to an aromatic ring is 1. The Labute approximate surface area is 345 Å². The number of para-hydroxylation sites is 1. The molecule has 58 heavy (non-hydrogen) atoms. The number of amides is 3. The van der Waals surface area contributed by atoms with Crippen molar-refractivity contribution in [2.24, 2.45) is 0 Å². The molecule has 3 amide bonds. The minimum Gasteiger partial charge on any atom is -0.436 e. The summed E-state index contributed by atoms with van der Waals surface area (Å²) in [5.41, 5.74) is 5.65. The molecular formula is C43H59ClF3N7O4. The van der Waals surface area contributed by atoms with Gasteiger partial charge in [-0.05, 0) is 116 Å². The number of piperazine rings is 1. The number of halogens is 4. The highest BCUT2D eigenvalue weighted by molar-refractivity contribution is 6.33. The van der Waals surface area contributed by atoms with Crippen LogP contribution in [-0.2, 0) is 32.3 Å². The number of carbonyl (C=O) groups excluding carboxylic acids is 3. The number of likely N-dealkylation sites (N-methyl/N-ethyl adjacent to an activating group) is 1. The summed E-state index contributed by atoms with van der Waals surface area (Å²) in [7, 11) is 2.23. The predicted molar refractivity (Wildman–Crippen MR) is 219 cm³/mol. The van der Waals surface area contributed by atoms with E-state index in [0.29, 0.717) is 57.5 Å². The third-order valence-corrected chi connectivity index (χ3v) is 14.3. The molecule has 5 aliphatic heterocycles. The lowest BCUT2D eigenvalue weighted by molar-refractivity contribution is -0.142. The number of anilines is 2. The molecule has 0 saturated carbocycles. The Morgan fingerprint density at radius 3 is 2.10 bits per heavy atom. The van der Waals surface area contributed by atoms with E-state index in [2.05, 4.69) is 54.8 Å². The average Bonchev–Trinajstić information content (AvgIpc) is 3.17. The van der Waals surface area contributed by atoms with E-state index >= 15 is 0 Å². The van der Waals surface area contributed by atoms with Crippen LogP contribution in [0.25, 0.3) is 0 Å². The van der Waals surface area contributed by atoms with Crippen molar-refractivity contribution >= 4 is 40.9 Å². The Morgan fingerprint density at radius 1 is 0.897 bits per heavy atom. The van der Waals surface area contributed by atoms with E-state index < -0.39 is 40.9 Å². The number of benzene rings is 2. The van der Waals surface area contributed by atoms with E-state index in [-0.39, 0.29) is 34.0 Å². The third-order valence-electron chi connectivity index (χ3n) is 14.0. The van der Waals surface area contributed by atoms with Gasteiger partial charge in [0.05, 0.1) is 16.3 Å². The fraction of sp³-hybridized carbons (Fsp3) is 0.651. The van der Waals surface area contributed by atoms with E-state index in [1.165, 1.54) is 11.0 Å². The first-order chi connectivity index (χ1) is 27.3. The van der Waals surface area contributed by atoms with Gasteiger partial charge in [0.1, 0.15) is 0 Å². The van der Waals surface area contributed by atoms with Gasteiger partial charge >= 0.3 is 12.3 Å². The van der Waals surface area contributed by atoms with Crippen molar-refractivity contribution in [3.63, 3.8) is 0 Å². The van der Waals surface area contributed by atoms with Gasteiger partial charge in [-0.2, -0.15) is 13.2 Å². The van der Waals surface area contributed by atoms with Crippen LogP contribution in [0.2, 0.25) is 5.02 Å². The van der Waals surface area contributed by atoms with Crippen molar-refractivity contribution in [3.8, 4) is 0 Å². The third kappa shape index (κ3) is 8.67. The first-order valence-corrected chi connectivity index (χ1v) is 21.1. The highest BCUT2D eigenvalue weighted by atomic mass is 35.5. The quantitative estimate of drug-likeness (QED) is 0.313. The highest BCUT2D eigenvalue weighted by Crippen LogP contribution is 2.45. The standard InChI is InChI=1S/C43H59ClF3N7O4/c1-40(2)26-54(27-41(3,4)50(40)5)30-10-16-51(17-11-30)29-12-18-52(19-13-29)38(56)35(24-28-22-32(43(45,46)47)37(48)33(44)23-28)58-39(57)53-20-14-42(15-21-53)25-36(55)49-34-9-7-6-8-31(34)42/h6-9,22-23,29-30,35H,10-21,24-27,48H2,1-5H3,(H,49,55)/t35-/m1/s1. The number of rotatable bonds is 6. The lowest BCUT2D eigenvalue weighted by Crippen LogP contribution is -2.69. The summed E-state index contributed by atoms with van der Waals surface area (Å²) in [6.45, 7) is 14.8. The van der Waals surface area contributed by atoms with Crippen LogP contribution < -0.4 is 11.1 Å². The number of carbonyl (C=O) groups is 3. The molecule has 15 heteroatoms. The summed E-state index contributed by atoms with van der Waals surface area (Å²) in [6.07, 6.45) is -2.15. The maximum absolute atomic E-state index is 14.3. The number of ether oxygens (including phenoxy) is 1. The minimum atomic E-state index is -4.77. The van der Waals surface area contributed by atoms with Crippen molar-refractivity contribution < 1.29 is 32.3 Å². The van der Waals surface area contributed by atoms with E-state index in [0.717, 1.165) is 69.2 Å². The maximum Gasteiger partial charge on any atom is 0.418 e. The molecule has 1 atom stereocenters. The number of alkyl halides is 3. The molecule has 0 unspecified atom stereocenters. The first-order valence-electron chi connectivity index (χ1n) is 20.8. The topological polar surface area (TPSA) is 115 Å². The van der Waals surface area contributed by atoms with Gasteiger partial charge in [0.25, 0.3) is 5.91 Å². The van der Waals surface area contributed by atoms with Gasteiger partial charge in [-0.15, -0.1) is 0 Å². The summed E-state index contributed by atoms with van der Waals surface area (Å²) in [4.78, 5) is 51.7. The van der Waals surface area contributed by atoms with Crippen molar-refractivity contribution in [1.82, 2.24) is 24.5 Å². The van der Waals surface area contributed by atoms with Crippen LogP contribution in [0, 0.1) is 0 Å². The number of nitrogens with one attached hydrogen (secondary N) is 1.